The number of carbonyl (C=O) groups is 2. The highest BCUT2D eigenvalue weighted by Crippen LogP contribution is 2.24. The normalized spacial score (nSPS) is 16.2. The lowest BCUT2D eigenvalue weighted by atomic mass is 9.87. The average Bonchev–Trinajstić information content (AvgIpc) is 2.61. The van der Waals surface area contributed by atoms with Gasteiger partial charge in [0.05, 0.1) is 6.61 Å². The summed E-state index contributed by atoms with van der Waals surface area (Å²) in [5.74, 6) is 0.623. The lowest BCUT2D eigenvalue weighted by Crippen LogP contribution is -2.53. The van der Waals surface area contributed by atoms with E-state index in [1.165, 1.54) is 5.56 Å². The molecular weight excluding hydrogens is 332 g/mol. The second-order valence-electron chi connectivity index (χ2n) is 7.55. The van der Waals surface area contributed by atoms with Crippen molar-refractivity contribution in [2.45, 2.75) is 46.1 Å². The van der Waals surface area contributed by atoms with E-state index in [0.717, 1.165) is 0 Å². The topological polar surface area (TPSA) is 59.1 Å². The minimum Gasteiger partial charge on any atom is -0.481 e. The molecule has 0 unspecified atom stereocenters. The van der Waals surface area contributed by atoms with Crippen molar-refractivity contribution in [1.82, 2.24) is 9.80 Å². The summed E-state index contributed by atoms with van der Waals surface area (Å²) in [6.07, 6.45) is -0.882. The molecule has 26 heavy (non-hydrogen) atoms. The van der Waals surface area contributed by atoms with Crippen LogP contribution in [0.25, 0.3) is 0 Å². The molecule has 1 aliphatic rings. The Bertz CT molecular complexity index is 614. The van der Waals surface area contributed by atoms with Gasteiger partial charge >= 0.3 is 6.09 Å². The molecule has 0 bridgehead atoms. The molecule has 0 aliphatic carbocycles. The molecule has 1 aromatic rings. The average molecular weight is 362 g/mol. The molecule has 0 aromatic heterocycles. The van der Waals surface area contributed by atoms with Crippen molar-refractivity contribution in [3.8, 4) is 5.75 Å². The van der Waals surface area contributed by atoms with Crippen molar-refractivity contribution >= 4 is 12.0 Å². The first-order valence-corrected chi connectivity index (χ1v) is 9.20. The molecule has 1 fully saturated rings. The predicted molar refractivity (Wildman–Crippen MR) is 100 cm³/mol. The van der Waals surface area contributed by atoms with Crippen molar-refractivity contribution in [2.75, 3.05) is 32.8 Å². The van der Waals surface area contributed by atoms with Crippen molar-refractivity contribution in [3.05, 3.63) is 29.8 Å². The van der Waals surface area contributed by atoms with Crippen LogP contribution in [0.15, 0.2) is 24.3 Å². The lowest BCUT2D eigenvalue weighted by Gasteiger charge is -2.35. The molecule has 1 aliphatic heterocycles. The molecule has 6 nitrogen and oxygen atoms in total. The maximum absolute atomic E-state index is 12.6. The number of amides is 2. The van der Waals surface area contributed by atoms with Gasteiger partial charge in [-0.05, 0) is 37.0 Å². The van der Waals surface area contributed by atoms with Gasteiger partial charge in [0.1, 0.15) is 5.75 Å². The summed E-state index contributed by atoms with van der Waals surface area (Å²) < 4.78 is 10.8. The predicted octanol–water partition coefficient (Wildman–Crippen LogP) is 3.05. The molecule has 0 spiro atoms. The second kappa shape index (κ2) is 8.43. The number of ether oxygens (including phenoxy) is 2. The van der Waals surface area contributed by atoms with Gasteiger partial charge in [0.2, 0.25) is 0 Å². The fourth-order valence-corrected chi connectivity index (χ4v) is 2.87. The van der Waals surface area contributed by atoms with E-state index < -0.39 is 6.10 Å². The summed E-state index contributed by atoms with van der Waals surface area (Å²) in [5, 5.41) is 0. The summed E-state index contributed by atoms with van der Waals surface area (Å²) >= 11 is 0. The van der Waals surface area contributed by atoms with Gasteiger partial charge in [-0.1, -0.05) is 32.9 Å². The fourth-order valence-electron chi connectivity index (χ4n) is 2.87. The minimum atomic E-state index is -0.565. The number of rotatable bonds is 4. The summed E-state index contributed by atoms with van der Waals surface area (Å²) in [6, 6.07) is 7.88. The van der Waals surface area contributed by atoms with Gasteiger partial charge in [-0.25, -0.2) is 4.79 Å². The van der Waals surface area contributed by atoms with Crippen LogP contribution in [0.1, 0.15) is 40.2 Å². The molecule has 1 heterocycles. The van der Waals surface area contributed by atoms with Gasteiger partial charge < -0.3 is 19.3 Å². The van der Waals surface area contributed by atoms with Crippen LogP contribution in [-0.2, 0) is 14.9 Å². The molecule has 0 saturated carbocycles. The highest BCUT2D eigenvalue weighted by atomic mass is 16.6. The number of benzene rings is 1. The molecule has 6 heteroatoms. The molecule has 2 amide bonds. The Labute approximate surface area is 156 Å². The molecule has 144 valence electrons. The van der Waals surface area contributed by atoms with Gasteiger partial charge in [0, 0.05) is 26.2 Å². The van der Waals surface area contributed by atoms with Gasteiger partial charge in [-0.2, -0.15) is 0 Å². The molecule has 1 aromatic carbocycles. The maximum Gasteiger partial charge on any atom is 0.409 e. The first-order valence-electron chi connectivity index (χ1n) is 9.20. The highest BCUT2D eigenvalue weighted by Gasteiger charge is 2.28. The third-order valence-electron chi connectivity index (χ3n) is 4.50. The molecule has 1 saturated heterocycles. The first-order chi connectivity index (χ1) is 12.2. The van der Waals surface area contributed by atoms with Crippen molar-refractivity contribution < 1.29 is 19.1 Å². The van der Waals surface area contributed by atoms with Gasteiger partial charge in [-0.3, -0.25) is 4.79 Å². The zero-order chi connectivity index (χ0) is 19.3. The lowest BCUT2D eigenvalue weighted by molar-refractivity contribution is -0.139. The SMILES string of the molecule is CCOC(=O)N1CCN(C(=O)[C@@H](C)Oc2ccc(C(C)(C)C)cc2)CC1. The molecule has 0 N–H and O–H groups in total. The number of hydrogen-bond acceptors (Lipinski definition) is 4. The van der Waals surface area contributed by atoms with Gasteiger partial charge in [-0.15, -0.1) is 0 Å². The van der Waals surface area contributed by atoms with E-state index >= 15 is 0 Å². The standard InChI is InChI=1S/C20H30N2O4/c1-6-25-19(24)22-13-11-21(12-14-22)18(23)15(2)26-17-9-7-16(8-10-17)20(3,4)5/h7-10,15H,6,11-14H2,1-5H3/t15-/m1/s1. The van der Waals surface area contributed by atoms with Crippen LogP contribution >= 0.6 is 0 Å². The Morgan fingerprint density at radius 1 is 1.04 bits per heavy atom. The highest BCUT2D eigenvalue weighted by molar-refractivity contribution is 5.81. The van der Waals surface area contributed by atoms with Gasteiger partial charge in [0.15, 0.2) is 6.10 Å². The zero-order valence-corrected chi connectivity index (χ0v) is 16.4. The smallest absolute Gasteiger partial charge is 0.409 e. The number of nitrogens with zero attached hydrogens (tertiary/aromatic N) is 2. The first kappa shape index (κ1) is 20.1. The fraction of sp³-hybridized carbons (Fsp3) is 0.600. The largest absolute Gasteiger partial charge is 0.481 e. The van der Waals surface area contributed by atoms with Crippen molar-refractivity contribution in [3.63, 3.8) is 0 Å². The van der Waals surface area contributed by atoms with Crippen molar-refractivity contribution in [2.24, 2.45) is 0 Å². The van der Waals surface area contributed by atoms with Crippen molar-refractivity contribution in [1.29, 1.82) is 0 Å². The summed E-state index contributed by atoms with van der Waals surface area (Å²) in [7, 11) is 0. The quantitative estimate of drug-likeness (QED) is 0.826. The Morgan fingerprint density at radius 3 is 2.08 bits per heavy atom. The number of hydrogen-bond donors (Lipinski definition) is 0. The number of piperazine rings is 1. The molecule has 1 atom stereocenters. The van der Waals surface area contributed by atoms with E-state index in [4.69, 9.17) is 9.47 Å². The van der Waals surface area contributed by atoms with E-state index in [1.54, 1.807) is 23.6 Å². The van der Waals surface area contributed by atoms with E-state index in [-0.39, 0.29) is 17.4 Å². The summed E-state index contributed by atoms with van der Waals surface area (Å²) in [6.45, 7) is 12.3. The van der Waals surface area contributed by atoms with Crippen LogP contribution in [0.2, 0.25) is 0 Å². The van der Waals surface area contributed by atoms with Crippen LogP contribution in [0, 0.1) is 0 Å². The van der Waals surface area contributed by atoms with E-state index in [0.29, 0.717) is 38.5 Å². The third kappa shape index (κ3) is 5.13. The van der Waals surface area contributed by atoms with E-state index in [2.05, 4.69) is 20.8 Å². The Kier molecular flexibility index (Phi) is 6.51. The molecular formula is C20H30N2O4. The Balaban J connectivity index is 1.87. The molecule has 0 radical (unpaired) electrons. The van der Waals surface area contributed by atoms with E-state index in [1.807, 2.05) is 24.3 Å². The Morgan fingerprint density at radius 2 is 1.58 bits per heavy atom. The van der Waals surface area contributed by atoms with E-state index in [9.17, 15) is 9.59 Å². The maximum atomic E-state index is 12.6. The van der Waals surface area contributed by atoms with Crippen LogP contribution in [0.3, 0.4) is 0 Å². The monoisotopic (exact) mass is 362 g/mol. The van der Waals surface area contributed by atoms with Crippen LogP contribution in [0.4, 0.5) is 4.79 Å². The second-order valence-corrected chi connectivity index (χ2v) is 7.55. The summed E-state index contributed by atoms with van der Waals surface area (Å²) in [4.78, 5) is 27.7. The van der Waals surface area contributed by atoms with Crippen LogP contribution < -0.4 is 4.74 Å². The summed E-state index contributed by atoms with van der Waals surface area (Å²) in [5.41, 5.74) is 1.30. The van der Waals surface area contributed by atoms with Crippen LogP contribution in [-0.4, -0.2) is 60.7 Å². The third-order valence-corrected chi connectivity index (χ3v) is 4.50. The number of carbonyl (C=O) groups excluding carboxylic acids is 2. The Hall–Kier alpha value is -2.24. The minimum absolute atomic E-state index is 0.0617. The van der Waals surface area contributed by atoms with Gasteiger partial charge in [0.25, 0.3) is 5.91 Å². The van der Waals surface area contributed by atoms with Crippen LogP contribution in [0.5, 0.6) is 5.75 Å². The molecule has 2 rings (SSSR count). The zero-order valence-electron chi connectivity index (χ0n) is 16.4.